The molecule has 2 aromatic heterocycles. The Labute approximate surface area is 211 Å². The molecule has 2 aliphatic heterocycles. The maximum Gasteiger partial charge on any atom is 0.227 e. The number of hydrogen-bond donors (Lipinski definition) is 1. The van der Waals surface area contributed by atoms with E-state index in [-0.39, 0.29) is 0 Å². The molecule has 4 aromatic rings. The summed E-state index contributed by atoms with van der Waals surface area (Å²) in [6, 6.07) is 18.9. The molecule has 8 heteroatoms. The van der Waals surface area contributed by atoms with E-state index in [4.69, 9.17) is 14.7 Å². The van der Waals surface area contributed by atoms with Crippen molar-refractivity contribution >= 4 is 34.0 Å². The molecular formula is C28H31N7O. The van der Waals surface area contributed by atoms with Crippen LogP contribution in [-0.2, 0) is 4.74 Å². The summed E-state index contributed by atoms with van der Waals surface area (Å²) in [5, 5.41) is 4.42. The minimum Gasteiger partial charge on any atom is -0.378 e. The molecule has 1 N–H and O–H groups in total. The second-order valence-corrected chi connectivity index (χ2v) is 9.41. The topological polar surface area (TPSA) is 69.7 Å². The first-order valence-corrected chi connectivity index (χ1v) is 12.6. The number of rotatable bonds is 5. The van der Waals surface area contributed by atoms with E-state index in [1.807, 2.05) is 24.5 Å². The fourth-order valence-electron chi connectivity index (χ4n) is 4.85. The zero-order chi connectivity index (χ0) is 24.3. The van der Waals surface area contributed by atoms with Gasteiger partial charge in [0.05, 0.1) is 18.7 Å². The predicted molar refractivity (Wildman–Crippen MR) is 145 cm³/mol. The molecular weight excluding hydrogens is 450 g/mol. The highest BCUT2D eigenvalue weighted by atomic mass is 16.5. The highest BCUT2D eigenvalue weighted by Crippen LogP contribution is 2.29. The normalized spacial score (nSPS) is 16.9. The molecule has 36 heavy (non-hydrogen) atoms. The predicted octanol–water partition coefficient (Wildman–Crippen LogP) is 4.02. The quantitative estimate of drug-likeness (QED) is 0.458. The number of piperazine rings is 1. The van der Waals surface area contributed by atoms with Crippen molar-refractivity contribution in [3.8, 4) is 11.1 Å². The summed E-state index contributed by atoms with van der Waals surface area (Å²) >= 11 is 0. The van der Waals surface area contributed by atoms with Gasteiger partial charge in [-0.3, -0.25) is 0 Å². The first-order valence-electron chi connectivity index (χ1n) is 12.6. The molecule has 0 atom stereocenters. The van der Waals surface area contributed by atoms with Gasteiger partial charge in [0.2, 0.25) is 5.95 Å². The van der Waals surface area contributed by atoms with Crippen LogP contribution in [0.2, 0.25) is 0 Å². The monoisotopic (exact) mass is 481 g/mol. The number of anilines is 4. The first-order chi connectivity index (χ1) is 17.7. The van der Waals surface area contributed by atoms with Crippen molar-refractivity contribution in [2.45, 2.75) is 0 Å². The van der Waals surface area contributed by atoms with E-state index < -0.39 is 0 Å². The fraction of sp³-hybridized carbons (Fsp3) is 0.321. The fourth-order valence-corrected chi connectivity index (χ4v) is 4.85. The molecule has 0 spiro atoms. The van der Waals surface area contributed by atoms with Gasteiger partial charge < -0.3 is 24.8 Å². The third-order valence-electron chi connectivity index (χ3n) is 6.98. The molecule has 0 aliphatic carbocycles. The number of para-hydroxylation sites is 1. The number of fused-ring (bicyclic) bond motifs is 1. The number of ether oxygens (including phenoxy) is 1. The third kappa shape index (κ3) is 4.82. The van der Waals surface area contributed by atoms with Gasteiger partial charge in [-0.25, -0.2) is 15.0 Å². The minimum atomic E-state index is 0.586. The number of hydrogen-bond acceptors (Lipinski definition) is 8. The molecule has 2 saturated heterocycles. The first kappa shape index (κ1) is 22.7. The van der Waals surface area contributed by atoms with Crippen LogP contribution in [0.1, 0.15) is 0 Å². The maximum atomic E-state index is 5.46. The van der Waals surface area contributed by atoms with Gasteiger partial charge >= 0.3 is 0 Å². The standard InChI is InChI=1S/C28H31N7O/c1-33-10-12-34(13-11-33)24-6-3-5-23(18-24)31-28-30-20-22-4-2-7-25(27(22)32-28)21-8-9-26(29-19-21)35-14-16-36-17-15-35/h2-9,18-20H,10-17H2,1H3,(H,30,31,32). The summed E-state index contributed by atoms with van der Waals surface area (Å²) in [6.07, 6.45) is 3.82. The zero-order valence-electron chi connectivity index (χ0n) is 20.6. The van der Waals surface area contributed by atoms with Gasteiger partial charge in [-0.2, -0.15) is 0 Å². The van der Waals surface area contributed by atoms with Crippen molar-refractivity contribution < 1.29 is 4.74 Å². The highest BCUT2D eigenvalue weighted by Gasteiger charge is 2.16. The van der Waals surface area contributed by atoms with Gasteiger partial charge in [-0.15, -0.1) is 0 Å². The molecule has 8 nitrogen and oxygen atoms in total. The van der Waals surface area contributed by atoms with Gasteiger partial charge in [0.25, 0.3) is 0 Å². The van der Waals surface area contributed by atoms with Crippen LogP contribution < -0.4 is 15.1 Å². The van der Waals surface area contributed by atoms with Crippen LogP contribution in [0.4, 0.5) is 23.1 Å². The van der Waals surface area contributed by atoms with E-state index in [0.717, 1.165) is 86.0 Å². The Morgan fingerprint density at radius 3 is 2.44 bits per heavy atom. The van der Waals surface area contributed by atoms with Crippen molar-refractivity contribution in [3.63, 3.8) is 0 Å². The third-order valence-corrected chi connectivity index (χ3v) is 6.98. The number of nitrogens with one attached hydrogen (secondary N) is 1. The lowest BCUT2D eigenvalue weighted by molar-refractivity contribution is 0.122. The van der Waals surface area contributed by atoms with E-state index in [0.29, 0.717) is 5.95 Å². The second kappa shape index (κ2) is 10.1. The molecule has 0 bridgehead atoms. The Morgan fingerprint density at radius 2 is 1.64 bits per heavy atom. The van der Waals surface area contributed by atoms with Crippen molar-refractivity contribution in [2.24, 2.45) is 0 Å². The number of benzene rings is 2. The van der Waals surface area contributed by atoms with Crippen LogP contribution >= 0.6 is 0 Å². The Bertz CT molecular complexity index is 1330. The Hall–Kier alpha value is -3.75. The molecule has 0 saturated carbocycles. The molecule has 2 aliphatic rings. The lowest BCUT2D eigenvalue weighted by atomic mass is 10.0. The smallest absolute Gasteiger partial charge is 0.227 e. The van der Waals surface area contributed by atoms with Crippen LogP contribution in [-0.4, -0.2) is 79.4 Å². The Kier molecular flexibility index (Phi) is 6.36. The van der Waals surface area contributed by atoms with Crippen molar-refractivity contribution in [1.29, 1.82) is 0 Å². The van der Waals surface area contributed by atoms with Crippen molar-refractivity contribution in [3.05, 3.63) is 67.0 Å². The van der Waals surface area contributed by atoms with Gasteiger partial charge in [-0.1, -0.05) is 24.3 Å². The van der Waals surface area contributed by atoms with Crippen molar-refractivity contribution in [2.75, 3.05) is 74.6 Å². The molecule has 6 rings (SSSR count). The van der Waals surface area contributed by atoms with Gasteiger partial charge in [0.15, 0.2) is 0 Å². The molecule has 0 unspecified atom stereocenters. The molecule has 2 fully saturated rings. The number of pyridine rings is 1. The number of aromatic nitrogens is 3. The van der Waals surface area contributed by atoms with Gasteiger partial charge in [0, 0.05) is 79.6 Å². The largest absolute Gasteiger partial charge is 0.378 e. The van der Waals surface area contributed by atoms with E-state index in [1.165, 1.54) is 5.69 Å². The average Bonchev–Trinajstić information content (AvgIpc) is 2.94. The van der Waals surface area contributed by atoms with Crippen LogP contribution in [0.15, 0.2) is 67.0 Å². The van der Waals surface area contributed by atoms with Gasteiger partial charge in [-0.05, 0) is 37.4 Å². The van der Waals surface area contributed by atoms with Crippen LogP contribution in [0.3, 0.4) is 0 Å². The Balaban J connectivity index is 1.25. The van der Waals surface area contributed by atoms with Crippen LogP contribution in [0.25, 0.3) is 22.0 Å². The lowest BCUT2D eigenvalue weighted by Gasteiger charge is -2.34. The number of nitrogens with zero attached hydrogens (tertiary/aromatic N) is 6. The van der Waals surface area contributed by atoms with E-state index in [2.05, 4.69) is 74.5 Å². The molecule has 0 amide bonds. The summed E-state index contributed by atoms with van der Waals surface area (Å²) in [4.78, 5) is 21.3. The highest BCUT2D eigenvalue weighted by molar-refractivity contribution is 5.93. The summed E-state index contributed by atoms with van der Waals surface area (Å²) in [5.41, 5.74) is 5.21. The minimum absolute atomic E-state index is 0.586. The van der Waals surface area contributed by atoms with Crippen molar-refractivity contribution in [1.82, 2.24) is 19.9 Å². The average molecular weight is 482 g/mol. The zero-order valence-corrected chi connectivity index (χ0v) is 20.6. The summed E-state index contributed by atoms with van der Waals surface area (Å²) in [7, 11) is 2.18. The van der Waals surface area contributed by atoms with Crippen LogP contribution in [0.5, 0.6) is 0 Å². The Morgan fingerprint density at radius 1 is 0.806 bits per heavy atom. The maximum absolute atomic E-state index is 5.46. The lowest BCUT2D eigenvalue weighted by Crippen LogP contribution is -2.44. The SMILES string of the molecule is CN1CCN(c2cccc(Nc3ncc4cccc(-c5ccc(N6CCOCC6)nc5)c4n3)c2)CC1. The number of likely N-dealkylation sites (N-methyl/N-ethyl adjacent to an activating group) is 1. The molecule has 2 aromatic carbocycles. The summed E-state index contributed by atoms with van der Waals surface area (Å²) in [5.74, 6) is 1.57. The van der Waals surface area contributed by atoms with Crippen LogP contribution in [0, 0.1) is 0 Å². The number of morpholine rings is 1. The second-order valence-electron chi connectivity index (χ2n) is 9.41. The summed E-state index contributed by atoms with van der Waals surface area (Å²) in [6.45, 7) is 7.47. The van der Waals surface area contributed by atoms with E-state index >= 15 is 0 Å². The summed E-state index contributed by atoms with van der Waals surface area (Å²) < 4.78 is 5.46. The molecule has 4 heterocycles. The molecule has 184 valence electrons. The van der Waals surface area contributed by atoms with E-state index in [9.17, 15) is 0 Å². The molecule has 0 radical (unpaired) electrons. The van der Waals surface area contributed by atoms with Gasteiger partial charge in [0.1, 0.15) is 5.82 Å². The van der Waals surface area contributed by atoms with E-state index in [1.54, 1.807) is 0 Å².